The van der Waals surface area contributed by atoms with E-state index in [1.807, 2.05) is 0 Å². The molecule has 0 aliphatic carbocycles. The molecule has 1 fully saturated rings. The maximum Gasteiger partial charge on any atom is 0.307 e. The van der Waals surface area contributed by atoms with Gasteiger partial charge in [-0.15, -0.1) is 0 Å². The molecule has 0 spiro atoms. The molecule has 1 aliphatic heterocycles. The molecule has 6 heteroatoms. The van der Waals surface area contributed by atoms with Crippen LogP contribution in [-0.4, -0.2) is 50.8 Å². The van der Waals surface area contributed by atoms with Gasteiger partial charge in [0.15, 0.2) is 0 Å². The van der Waals surface area contributed by atoms with Crippen LogP contribution in [0.15, 0.2) is 0 Å². The van der Waals surface area contributed by atoms with Crippen molar-refractivity contribution in [3.8, 4) is 0 Å². The summed E-state index contributed by atoms with van der Waals surface area (Å²) in [7, 11) is 1.55. The van der Waals surface area contributed by atoms with E-state index in [0.717, 1.165) is 13.1 Å². The predicted octanol–water partition coefficient (Wildman–Crippen LogP) is -0.176. The molecule has 0 bridgehead atoms. The first kappa shape index (κ1) is 14.9. The maximum absolute atomic E-state index is 12.1. The zero-order valence-corrected chi connectivity index (χ0v) is 11.1. The summed E-state index contributed by atoms with van der Waals surface area (Å²) in [6.07, 6.45) is 1.49. The van der Waals surface area contributed by atoms with Crippen molar-refractivity contribution >= 4 is 11.9 Å². The Labute approximate surface area is 107 Å². The molecule has 0 unspecified atom stereocenters. The fraction of sp³-hybridized carbons (Fsp3) is 0.833. The van der Waals surface area contributed by atoms with E-state index in [4.69, 9.17) is 9.47 Å². The highest BCUT2D eigenvalue weighted by Crippen LogP contribution is 2.22. The summed E-state index contributed by atoms with van der Waals surface area (Å²) < 4.78 is 10.2. The van der Waals surface area contributed by atoms with Crippen LogP contribution in [0.2, 0.25) is 0 Å². The summed E-state index contributed by atoms with van der Waals surface area (Å²) in [4.78, 5) is 23.2. The third-order valence-electron chi connectivity index (χ3n) is 3.14. The number of methoxy groups -OCH3 is 1. The molecule has 2 N–H and O–H groups in total. The Kier molecular flexibility index (Phi) is 6.07. The predicted molar refractivity (Wildman–Crippen MR) is 66.1 cm³/mol. The SMILES string of the molecule is CCOC(=O)CCNC(=O)C1(OC)CCNCC1. The lowest BCUT2D eigenvalue weighted by molar-refractivity contribution is -0.147. The molecule has 0 aromatic rings. The number of esters is 1. The molecule has 0 radical (unpaired) electrons. The van der Waals surface area contributed by atoms with Crippen LogP contribution < -0.4 is 10.6 Å². The van der Waals surface area contributed by atoms with Crippen molar-refractivity contribution in [3.05, 3.63) is 0 Å². The van der Waals surface area contributed by atoms with E-state index in [-0.39, 0.29) is 24.8 Å². The van der Waals surface area contributed by atoms with Crippen molar-refractivity contribution in [2.24, 2.45) is 0 Å². The number of amides is 1. The Balaban J connectivity index is 2.36. The Hall–Kier alpha value is -1.14. The van der Waals surface area contributed by atoms with Gasteiger partial charge in [0.05, 0.1) is 13.0 Å². The molecule has 6 nitrogen and oxygen atoms in total. The molecule has 0 aromatic heterocycles. The van der Waals surface area contributed by atoms with E-state index >= 15 is 0 Å². The first-order valence-corrected chi connectivity index (χ1v) is 6.34. The van der Waals surface area contributed by atoms with Crippen LogP contribution in [0.5, 0.6) is 0 Å². The monoisotopic (exact) mass is 258 g/mol. The van der Waals surface area contributed by atoms with E-state index in [2.05, 4.69) is 10.6 Å². The number of piperidine rings is 1. The van der Waals surface area contributed by atoms with Gasteiger partial charge in [-0.05, 0) is 32.9 Å². The molecule has 0 aromatic carbocycles. The van der Waals surface area contributed by atoms with Crippen LogP contribution in [0.1, 0.15) is 26.2 Å². The molecule has 1 saturated heterocycles. The van der Waals surface area contributed by atoms with Gasteiger partial charge in [-0.25, -0.2) is 0 Å². The standard InChI is InChI=1S/C12H22N2O4/c1-3-18-10(15)4-7-14-11(16)12(17-2)5-8-13-9-6-12/h13H,3-9H2,1-2H3,(H,14,16). The van der Waals surface area contributed by atoms with Crippen molar-refractivity contribution in [1.29, 1.82) is 0 Å². The van der Waals surface area contributed by atoms with Crippen molar-refractivity contribution in [3.63, 3.8) is 0 Å². The number of nitrogens with one attached hydrogen (secondary N) is 2. The van der Waals surface area contributed by atoms with Crippen LogP contribution >= 0.6 is 0 Å². The lowest BCUT2D eigenvalue weighted by atomic mass is 9.91. The number of carbonyl (C=O) groups excluding carboxylic acids is 2. The Bertz CT molecular complexity index is 288. The maximum atomic E-state index is 12.1. The Morgan fingerprint density at radius 1 is 1.33 bits per heavy atom. The number of rotatable bonds is 6. The number of hydrogen-bond acceptors (Lipinski definition) is 5. The summed E-state index contributed by atoms with van der Waals surface area (Å²) in [6.45, 7) is 3.93. The van der Waals surface area contributed by atoms with Crippen LogP contribution in [0, 0.1) is 0 Å². The molecule has 1 aliphatic rings. The lowest BCUT2D eigenvalue weighted by Crippen LogP contribution is -2.54. The first-order chi connectivity index (χ1) is 8.64. The summed E-state index contributed by atoms with van der Waals surface area (Å²) >= 11 is 0. The smallest absolute Gasteiger partial charge is 0.307 e. The average molecular weight is 258 g/mol. The van der Waals surface area contributed by atoms with Crippen molar-refractivity contribution < 1.29 is 19.1 Å². The Morgan fingerprint density at radius 2 is 2.00 bits per heavy atom. The molecule has 0 atom stereocenters. The van der Waals surface area contributed by atoms with Gasteiger partial charge in [-0.3, -0.25) is 9.59 Å². The van der Waals surface area contributed by atoms with E-state index in [1.165, 1.54) is 0 Å². The molecule has 1 amide bonds. The summed E-state index contributed by atoms with van der Waals surface area (Å²) in [5.74, 6) is -0.439. The van der Waals surface area contributed by atoms with Gasteiger partial charge < -0.3 is 20.1 Å². The van der Waals surface area contributed by atoms with Crippen LogP contribution in [0.3, 0.4) is 0 Å². The molecular weight excluding hydrogens is 236 g/mol. The van der Waals surface area contributed by atoms with E-state index < -0.39 is 5.60 Å². The number of carbonyl (C=O) groups is 2. The third-order valence-corrected chi connectivity index (χ3v) is 3.14. The largest absolute Gasteiger partial charge is 0.466 e. The highest BCUT2D eigenvalue weighted by molar-refractivity contribution is 5.85. The minimum absolute atomic E-state index is 0.143. The second kappa shape index (κ2) is 7.33. The van der Waals surface area contributed by atoms with Gasteiger partial charge in [0.25, 0.3) is 5.91 Å². The van der Waals surface area contributed by atoms with Gasteiger partial charge in [-0.1, -0.05) is 0 Å². The van der Waals surface area contributed by atoms with Gasteiger partial charge in [0.1, 0.15) is 5.60 Å². The summed E-state index contributed by atoms with van der Waals surface area (Å²) in [5, 5.41) is 5.93. The highest BCUT2D eigenvalue weighted by Gasteiger charge is 2.39. The zero-order chi connectivity index (χ0) is 13.4. The van der Waals surface area contributed by atoms with E-state index in [0.29, 0.717) is 19.4 Å². The summed E-state index contributed by atoms with van der Waals surface area (Å²) in [6, 6.07) is 0. The van der Waals surface area contributed by atoms with Crippen LogP contribution in [-0.2, 0) is 19.1 Å². The topological polar surface area (TPSA) is 76.7 Å². The quantitative estimate of drug-likeness (QED) is 0.647. The first-order valence-electron chi connectivity index (χ1n) is 6.34. The average Bonchev–Trinajstić information content (AvgIpc) is 2.39. The minimum atomic E-state index is -0.750. The normalized spacial score (nSPS) is 18.1. The summed E-state index contributed by atoms with van der Waals surface area (Å²) in [5.41, 5.74) is -0.750. The molecule has 104 valence electrons. The van der Waals surface area contributed by atoms with Gasteiger partial charge in [-0.2, -0.15) is 0 Å². The third kappa shape index (κ3) is 3.96. The molecule has 1 rings (SSSR count). The minimum Gasteiger partial charge on any atom is -0.466 e. The molecule has 1 heterocycles. The zero-order valence-electron chi connectivity index (χ0n) is 11.1. The Morgan fingerprint density at radius 3 is 2.56 bits per heavy atom. The van der Waals surface area contributed by atoms with Gasteiger partial charge in [0, 0.05) is 13.7 Å². The van der Waals surface area contributed by atoms with E-state index in [9.17, 15) is 9.59 Å². The molecule has 18 heavy (non-hydrogen) atoms. The molecular formula is C12H22N2O4. The lowest BCUT2D eigenvalue weighted by Gasteiger charge is -2.34. The second-order valence-corrected chi connectivity index (χ2v) is 4.26. The second-order valence-electron chi connectivity index (χ2n) is 4.26. The van der Waals surface area contributed by atoms with E-state index in [1.54, 1.807) is 14.0 Å². The van der Waals surface area contributed by atoms with Crippen molar-refractivity contribution in [2.75, 3.05) is 33.4 Å². The van der Waals surface area contributed by atoms with Crippen LogP contribution in [0.25, 0.3) is 0 Å². The van der Waals surface area contributed by atoms with Gasteiger partial charge in [0.2, 0.25) is 0 Å². The molecule has 0 saturated carbocycles. The fourth-order valence-corrected chi connectivity index (χ4v) is 2.03. The van der Waals surface area contributed by atoms with Gasteiger partial charge >= 0.3 is 5.97 Å². The van der Waals surface area contributed by atoms with Crippen molar-refractivity contribution in [2.45, 2.75) is 31.8 Å². The fourth-order valence-electron chi connectivity index (χ4n) is 2.03. The highest BCUT2D eigenvalue weighted by atomic mass is 16.5. The van der Waals surface area contributed by atoms with Crippen molar-refractivity contribution in [1.82, 2.24) is 10.6 Å². The number of hydrogen-bond donors (Lipinski definition) is 2. The number of ether oxygens (including phenoxy) is 2. The van der Waals surface area contributed by atoms with Crippen LogP contribution in [0.4, 0.5) is 0 Å².